The van der Waals surface area contributed by atoms with Gasteiger partial charge in [0.25, 0.3) is 0 Å². The molecule has 6 nitrogen and oxygen atoms in total. The van der Waals surface area contributed by atoms with Gasteiger partial charge in [0.2, 0.25) is 5.88 Å². The first kappa shape index (κ1) is 18.2. The average Bonchev–Trinajstić information content (AvgIpc) is 2.97. The van der Waals surface area contributed by atoms with Gasteiger partial charge in [0.1, 0.15) is 0 Å². The summed E-state index contributed by atoms with van der Waals surface area (Å²) in [5.74, 6) is 1.42. The summed E-state index contributed by atoms with van der Waals surface area (Å²) in [6.07, 6.45) is 4.75. The van der Waals surface area contributed by atoms with Gasteiger partial charge >= 0.3 is 0 Å². The second kappa shape index (κ2) is 9.22. The molecular formula is C17H25N5OS. The van der Waals surface area contributed by atoms with Crippen LogP contribution in [0.15, 0.2) is 29.5 Å². The number of pyridine rings is 1. The molecule has 0 spiro atoms. The van der Waals surface area contributed by atoms with E-state index in [1.54, 1.807) is 18.4 Å². The molecule has 2 N–H and O–H groups in total. The SMILES string of the molecule is CN=C(NCCc1ncc(C)s1)NCc1ccc(OC(C)C)nc1. The molecule has 2 rings (SSSR count). The molecule has 0 aromatic carbocycles. The van der Waals surface area contributed by atoms with Crippen molar-refractivity contribution in [2.75, 3.05) is 13.6 Å². The highest BCUT2D eigenvalue weighted by Crippen LogP contribution is 2.11. The van der Waals surface area contributed by atoms with Crippen molar-refractivity contribution in [3.8, 4) is 5.88 Å². The molecule has 0 radical (unpaired) electrons. The van der Waals surface area contributed by atoms with Gasteiger partial charge in [0.15, 0.2) is 5.96 Å². The lowest BCUT2D eigenvalue weighted by Crippen LogP contribution is -2.37. The molecule has 2 aromatic heterocycles. The molecule has 0 bridgehead atoms. The Morgan fingerprint density at radius 3 is 2.67 bits per heavy atom. The largest absolute Gasteiger partial charge is 0.475 e. The van der Waals surface area contributed by atoms with Crippen molar-refractivity contribution in [3.63, 3.8) is 0 Å². The van der Waals surface area contributed by atoms with Crippen molar-refractivity contribution in [1.29, 1.82) is 0 Å². The van der Waals surface area contributed by atoms with Crippen LogP contribution in [-0.4, -0.2) is 35.6 Å². The van der Waals surface area contributed by atoms with Crippen molar-refractivity contribution in [2.24, 2.45) is 4.99 Å². The van der Waals surface area contributed by atoms with Crippen molar-refractivity contribution in [2.45, 2.75) is 39.8 Å². The van der Waals surface area contributed by atoms with E-state index in [0.717, 1.165) is 29.5 Å². The molecule has 2 heterocycles. The summed E-state index contributed by atoms with van der Waals surface area (Å²) in [5.41, 5.74) is 1.07. The van der Waals surface area contributed by atoms with Crippen LogP contribution in [0, 0.1) is 6.92 Å². The Bertz CT molecular complexity index is 651. The third-order valence-corrected chi connectivity index (χ3v) is 4.11. The van der Waals surface area contributed by atoms with Crippen LogP contribution >= 0.6 is 11.3 Å². The van der Waals surface area contributed by atoms with Gasteiger partial charge in [-0.1, -0.05) is 6.07 Å². The molecule has 0 aliphatic rings. The van der Waals surface area contributed by atoms with E-state index < -0.39 is 0 Å². The van der Waals surface area contributed by atoms with Crippen LogP contribution in [0.1, 0.15) is 29.3 Å². The van der Waals surface area contributed by atoms with Gasteiger partial charge in [0, 0.05) is 49.9 Å². The Kier molecular flexibility index (Phi) is 6.99. The van der Waals surface area contributed by atoms with Crippen LogP contribution in [0.5, 0.6) is 5.88 Å². The molecule has 7 heteroatoms. The zero-order valence-corrected chi connectivity index (χ0v) is 15.5. The number of hydrogen-bond donors (Lipinski definition) is 2. The Morgan fingerprint density at radius 1 is 1.25 bits per heavy atom. The van der Waals surface area contributed by atoms with Crippen LogP contribution in [-0.2, 0) is 13.0 Å². The topological polar surface area (TPSA) is 71.4 Å². The van der Waals surface area contributed by atoms with E-state index in [-0.39, 0.29) is 6.10 Å². The predicted octanol–water partition coefficient (Wildman–Crippen LogP) is 2.54. The number of thiazole rings is 1. The summed E-state index contributed by atoms with van der Waals surface area (Å²) in [6.45, 7) is 7.50. The van der Waals surface area contributed by atoms with Crippen LogP contribution in [0.2, 0.25) is 0 Å². The minimum atomic E-state index is 0.131. The number of nitrogens with one attached hydrogen (secondary N) is 2. The Labute approximate surface area is 147 Å². The highest BCUT2D eigenvalue weighted by Gasteiger charge is 2.03. The molecule has 0 fully saturated rings. The molecule has 0 aliphatic carbocycles. The highest BCUT2D eigenvalue weighted by molar-refractivity contribution is 7.11. The standard InChI is InChI=1S/C17H25N5OS/c1-12(2)23-15-6-5-14(10-20-15)11-22-17(18-4)19-8-7-16-21-9-13(3)24-16/h5-6,9-10,12H,7-8,11H2,1-4H3,(H2,18,19,22). The maximum atomic E-state index is 5.54. The Morgan fingerprint density at radius 2 is 2.08 bits per heavy atom. The summed E-state index contributed by atoms with van der Waals surface area (Å²) in [6, 6.07) is 3.89. The maximum absolute atomic E-state index is 5.54. The van der Waals surface area contributed by atoms with Gasteiger partial charge in [-0.2, -0.15) is 0 Å². The minimum Gasteiger partial charge on any atom is -0.475 e. The lowest BCUT2D eigenvalue weighted by molar-refractivity contribution is 0.232. The molecule has 130 valence electrons. The quantitative estimate of drug-likeness (QED) is 0.595. The zero-order chi connectivity index (χ0) is 17.4. The van der Waals surface area contributed by atoms with Crippen molar-refractivity contribution in [1.82, 2.24) is 20.6 Å². The number of hydrogen-bond acceptors (Lipinski definition) is 5. The van der Waals surface area contributed by atoms with E-state index in [9.17, 15) is 0 Å². The molecule has 0 aliphatic heterocycles. The Balaban J connectivity index is 1.74. The molecule has 0 saturated carbocycles. The molecular weight excluding hydrogens is 322 g/mol. The minimum absolute atomic E-state index is 0.131. The first-order valence-corrected chi connectivity index (χ1v) is 8.86. The monoisotopic (exact) mass is 347 g/mol. The van der Waals surface area contributed by atoms with Gasteiger partial charge in [-0.05, 0) is 26.3 Å². The van der Waals surface area contributed by atoms with Crippen molar-refractivity contribution >= 4 is 17.3 Å². The fourth-order valence-corrected chi connectivity index (χ4v) is 2.82. The van der Waals surface area contributed by atoms with Gasteiger partial charge in [-0.15, -0.1) is 11.3 Å². The number of nitrogens with zero attached hydrogens (tertiary/aromatic N) is 3. The van der Waals surface area contributed by atoms with Gasteiger partial charge < -0.3 is 15.4 Å². The van der Waals surface area contributed by atoms with E-state index in [0.29, 0.717) is 12.4 Å². The third-order valence-electron chi connectivity index (χ3n) is 3.14. The zero-order valence-electron chi connectivity index (χ0n) is 14.7. The first-order chi connectivity index (χ1) is 11.6. The van der Waals surface area contributed by atoms with Crippen LogP contribution in [0.25, 0.3) is 0 Å². The van der Waals surface area contributed by atoms with Crippen molar-refractivity contribution < 1.29 is 4.74 Å². The molecule has 0 amide bonds. The van der Waals surface area contributed by atoms with Crippen LogP contribution < -0.4 is 15.4 Å². The van der Waals surface area contributed by atoms with Gasteiger partial charge in [-0.25, -0.2) is 9.97 Å². The number of ether oxygens (including phenoxy) is 1. The summed E-state index contributed by atoms with van der Waals surface area (Å²) >= 11 is 1.73. The first-order valence-electron chi connectivity index (χ1n) is 8.04. The fraction of sp³-hybridized carbons (Fsp3) is 0.471. The summed E-state index contributed by atoms with van der Waals surface area (Å²) < 4.78 is 5.54. The number of aromatic nitrogens is 2. The van der Waals surface area contributed by atoms with E-state index >= 15 is 0 Å². The highest BCUT2D eigenvalue weighted by atomic mass is 32.1. The average molecular weight is 347 g/mol. The Hall–Kier alpha value is -2.15. The number of aryl methyl sites for hydroxylation is 1. The maximum Gasteiger partial charge on any atom is 0.213 e. The number of rotatable bonds is 7. The number of guanidine groups is 1. The summed E-state index contributed by atoms with van der Waals surface area (Å²) in [4.78, 5) is 14.1. The predicted molar refractivity (Wildman–Crippen MR) is 98.8 cm³/mol. The normalized spacial score (nSPS) is 11.6. The molecule has 0 unspecified atom stereocenters. The number of aliphatic imine (C=N–C) groups is 1. The van der Waals surface area contributed by atoms with E-state index in [1.807, 2.05) is 38.4 Å². The molecule has 0 atom stereocenters. The van der Waals surface area contributed by atoms with Crippen molar-refractivity contribution in [3.05, 3.63) is 40.0 Å². The summed E-state index contributed by atoms with van der Waals surface area (Å²) in [7, 11) is 1.76. The second-order valence-electron chi connectivity index (χ2n) is 5.64. The van der Waals surface area contributed by atoms with E-state index in [2.05, 4.69) is 32.5 Å². The second-order valence-corrected chi connectivity index (χ2v) is 6.96. The molecule has 0 saturated heterocycles. The fourth-order valence-electron chi connectivity index (χ4n) is 2.04. The van der Waals surface area contributed by atoms with Crippen LogP contribution in [0.4, 0.5) is 0 Å². The molecule has 2 aromatic rings. The smallest absolute Gasteiger partial charge is 0.213 e. The summed E-state index contributed by atoms with van der Waals surface area (Å²) in [5, 5.41) is 7.71. The van der Waals surface area contributed by atoms with E-state index in [1.165, 1.54) is 4.88 Å². The van der Waals surface area contributed by atoms with E-state index in [4.69, 9.17) is 4.74 Å². The lowest BCUT2D eigenvalue weighted by atomic mass is 10.3. The molecule has 24 heavy (non-hydrogen) atoms. The van der Waals surface area contributed by atoms with Gasteiger partial charge in [-0.3, -0.25) is 4.99 Å². The third kappa shape index (κ3) is 6.16. The van der Waals surface area contributed by atoms with Crippen LogP contribution in [0.3, 0.4) is 0 Å². The lowest BCUT2D eigenvalue weighted by Gasteiger charge is -2.12. The van der Waals surface area contributed by atoms with Gasteiger partial charge in [0.05, 0.1) is 11.1 Å².